The Morgan fingerprint density at radius 1 is 1.38 bits per heavy atom. The first-order valence-corrected chi connectivity index (χ1v) is 9.91. The van der Waals surface area contributed by atoms with Gasteiger partial charge in [0.15, 0.2) is 0 Å². The zero-order chi connectivity index (χ0) is 14.8. The third-order valence-electron chi connectivity index (χ3n) is 3.63. The van der Waals surface area contributed by atoms with E-state index in [1.54, 1.807) is 0 Å². The number of nitrogens with two attached hydrogens (primary N) is 1. The lowest BCUT2D eigenvalue weighted by molar-refractivity contribution is 0.560. The van der Waals surface area contributed by atoms with Crippen molar-refractivity contribution in [2.75, 3.05) is 5.75 Å². The van der Waals surface area contributed by atoms with Crippen LogP contribution in [0, 0.1) is 0 Å². The Balaban J connectivity index is 1.83. The van der Waals surface area contributed by atoms with E-state index in [2.05, 4.69) is 33.5 Å². The van der Waals surface area contributed by atoms with Gasteiger partial charge >= 0.3 is 0 Å². The zero-order valence-corrected chi connectivity index (χ0v) is 15.3. The molecule has 2 aromatic rings. The molecular weight excluding hydrogens is 388 g/mol. The third kappa shape index (κ3) is 3.66. The maximum Gasteiger partial charge on any atom is 0.0594 e. The monoisotopic (exact) mass is 402 g/mol. The van der Waals surface area contributed by atoms with Crippen LogP contribution in [0.25, 0.3) is 0 Å². The largest absolute Gasteiger partial charge is 0.271 e. The van der Waals surface area contributed by atoms with Crippen LogP contribution in [0.2, 0.25) is 5.02 Å². The normalized spacial score (nSPS) is 15.8. The van der Waals surface area contributed by atoms with E-state index in [1.807, 2.05) is 35.2 Å². The summed E-state index contributed by atoms with van der Waals surface area (Å²) in [6.45, 7) is 0. The van der Waals surface area contributed by atoms with Gasteiger partial charge in [-0.15, -0.1) is 11.3 Å². The molecule has 1 aliphatic rings. The first kappa shape index (κ1) is 15.8. The second kappa shape index (κ2) is 7.02. The van der Waals surface area contributed by atoms with E-state index in [4.69, 9.17) is 17.4 Å². The lowest BCUT2D eigenvalue weighted by Crippen LogP contribution is -2.29. The van der Waals surface area contributed by atoms with Gasteiger partial charge in [-0.05, 0) is 47.9 Å². The third-order valence-corrected chi connectivity index (χ3v) is 6.83. The molecular formula is C15H16BrClN2S2. The summed E-state index contributed by atoms with van der Waals surface area (Å²) in [6, 6.07) is 8.43. The molecule has 2 nitrogen and oxygen atoms in total. The number of thioether (sulfide) groups is 1. The summed E-state index contributed by atoms with van der Waals surface area (Å²) < 4.78 is 0.997. The van der Waals surface area contributed by atoms with Gasteiger partial charge in [0, 0.05) is 25.0 Å². The molecule has 0 spiro atoms. The Labute approximate surface area is 146 Å². The van der Waals surface area contributed by atoms with Crippen LogP contribution in [0.5, 0.6) is 0 Å². The molecule has 1 aliphatic heterocycles. The van der Waals surface area contributed by atoms with Crippen LogP contribution in [-0.2, 0) is 18.6 Å². The first-order valence-electron chi connectivity index (χ1n) is 6.76. The molecule has 0 saturated heterocycles. The minimum Gasteiger partial charge on any atom is -0.271 e. The second-order valence-corrected chi connectivity index (χ2v) is 8.66. The number of rotatable bonds is 4. The smallest absolute Gasteiger partial charge is 0.0594 e. The van der Waals surface area contributed by atoms with Crippen LogP contribution in [0.3, 0.4) is 0 Å². The molecule has 2 heterocycles. The lowest BCUT2D eigenvalue weighted by Gasteiger charge is -2.15. The van der Waals surface area contributed by atoms with Gasteiger partial charge in [0.05, 0.1) is 6.04 Å². The number of halogens is 2. The number of hydrazine groups is 1. The second-order valence-electron chi connectivity index (χ2n) is 5.06. The fourth-order valence-electron chi connectivity index (χ4n) is 2.49. The number of hydrogen-bond acceptors (Lipinski definition) is 4. The molecule has 1 unspecified atom stereocenters. The van der Waals surface area contributed by atoms with E-state index in [9.17, 15) is 0 Å². The molecule has 1 aromatic carbocycles. The Morgan fingerprint density at radius 2 is 2.24 bits per heavy atom. The van der Waals surface area contributed by atoms with E-state index in [0.717, 1.165) is 27.2 Å². The molecule has 6 heteroatoms. The first-order chi connectivity index (χ1) is 10.2. The van der Waals surface area contributed by atoms with E-state index >= 15 is 0 Å². The van der Waals surface area contributed by atoms with Crippen molar-refractivity contribution >= 4 is 50.6 Å². The van der Waals surface area contributed by atoms with E-state index in [-0.39, 0.29) is 6.04 Å². The van der Waals surface area contributed by atoms with Crippen LogP contribution in [0.1, 0.15) is 26.9 Å². The topological polar surface area (TPSA) is 38.0 Å². The fourth-order valence-corrected chi connectivity index (χ4v) is 5.68. The molecule has 0 bridgehead atoms. The van der Waals surface area contributed by atoms with Gasteiger partial charge in [-0.1, -0.05) is 33.6 Å². The predicted molar refractivity (Wildman–Crippen MR) is 97.1 cm³/mol. The molecule has 1 aromatic heterocycles. The van der Waals surface area contributed by atoms with Gasteiger partial charge in [-0.3, -0.25) is 11.3 Å². The van der Waals surface area contributed by atoms with Gasteiger partial charge < -0.3 is 0 Å². The Morgan fingerprint density at radius 3 is 2.95 bits per heavy atom. The van der Waals surface area contributed by atoms with Gasteiger partial charge in [0.25, 0.3) is 0 Å². The molecule has 0 fully saturated rings. The number of aryl methyl sites for hydroxylation is 1. The zero-order valence-electron chi connectivity index (χ0n) is 11.4. The minimum absolute atomic E-state index is 0.115. The van der Waals surface area contributed by atoms with Crippen molar-refractivity contribution in [3.63, 3.8) is 0 Å². The van der Waals surface area contributed by atoms with Crippen LogP contribution in [0.4, 0.5) is 0 Å². The number of thiophene rings is 1. The maximum absolute atomic E-state index is 6.32. The van der Waals surface area contributed by atoms with Gasteiger partial charge in [0.2, 0.25) is 0 Å². The molecule has 0 amide bonds. The van der Waals surface area contributed by atoms with E-state index in [0.29, 0.717) is 0 Å². The number of benzene rings is 1. The molecule has 112 valence electrons. The minimum atomic E-state index is 0.115. The summed E-state index contributed by atoms with van der Waals surface area (Å²) in [7, 11) is 0. The maximum atomic E-state index is 6.32. The molecule has 21 heavy (non-hydrogen) atoms. The van der Waals surface area contributed by atoms with Crippen LogP contribution < -0.4 is 11.3 Å². The highest BCUT2D eigenvalue weighted by atomic mass is 79.9. The highest BCUT2D eigenvalue weighted by Crippen LogP contribution is 2.36. The Kier molecular flexibility index (Phi) is 5.30. The summed E-state index contributed by atoms with van der Waals surface area (Å²) in [5.41, 5.74) is 5.55. The molecule has 0 saturated carbocycles. The Bertz CT molecular complexity index is 621. The van der Waals surface area contributed by atoms with Gasteiger partial charge in [0.1, 0.15) is 0 Å². The molecule has 1 atom stereocenters. The fraction of sp³-hybridized carbons (Fsp3) is 0.333. The van der Waals surface area contributed by atoms with E-state index in [1.165, 1.54) is 27.5 Å². The van der Waals surface area contributed by atoms with Gasteiger partial charge in [-0.25, -0.2) is 0 Å². The highest BCUT2D eigenvalue weighted by molar-refractivity contribution is 9.10. The quantitative estimate of drug-likeness (QED) is 0.574. The van der Waals surface area contributed by atoms with Crippen molar-refractivity contribution in [1.29, 1.82) is 0 Å². The average molecular weight is 404 g/mol. The summed E-state index contributed by atoms with van der Waals surface area (Å²) in [4.78, 5) is 2.83. The van der Waals surface area contributed by atoms with Crippen molar-refractivity contribution < 1.29 is 0 Å². The lowest BCUT2D eigenvalue weighted by atomic mass is 10.0. The number of fused-ring (bicyclic) bond motifs is 1. The average Bonchev–Trinajstić information content (AvgIpc) is 2.90. The van der Waals surface area contributed by atoms with Gasteiger partial charge in [-0.2, -0.15) is 11.8 Å². The van der Waals surface area contributed by atoms with Crippen molar-refractivity contribution in [2.24, 2.45) is 5.84 Å². The Hall–Kier alpha value is -0.0400. The van der Waals surface area contributed by atoms with Crippen LogP contribution in [-0.4, -0.2) is 5.75 Å². The predicted octanol–water partition coefficient (Wildman–Crippen LogP) is 4.70. The van der Waals surface area contributed by atoms with Crippen molar-refractivity contribution in [3.05, 3.63) is 54.6 Å². The molecule has 0 radical (unpaired) electrons. The van der Waals surface area contributed by atoms with Crippen LogP contribution in [0.15, 0.2) is 28.7 Å². The summed E-state index contributed by atoms with van der Waals surface area (Å²) in [5.74, 6) is 8.15. The molecule has 3 N–H and O–H groups in total. The van der Waals surface area contributed by atoms with Crippen molar-refractivity contribution in [1.82, 2.24) is 5.43 Å². The number of hydrogen-bond donors (Lipinski definition) is 2. The molecule has 0 aliphatic carbocycles. The summed E-state index contributed by atoms with van der Waals surface area (Å²) >= 11 is 13.7. The van der Waals surface area contributed by atoms with Crippen molar-refractivity contribution in [3.8, 4) is 0 Å². The van der Waals surface area contributed by atoms with Crippen molar-refractivity contribution in [2.45, 2.75) is 24.6 Å². The SMILES string of the molecule is NNC(Cc1ccc(Br)cc1Cl)c1cc2c(s1)CCSC2. The molecule has 3 rings (SSSR count). The summed E-state index contributed by atoms with van der Waals surface area (Å²) in [6.07, 6.45) is 1.98. The standard InChI is InChI=1S/C15H16BrClN2S2/c16-11-2-1-9(12(17)7-11)5-13(19-18)15-6-10-8-20-4-3-14(10)21-15/h1-2,6-7,13,19H,3-5,8,18H2. The van der Waals surface area contributed by atoms with E-state index < -0.39 is 0 Å². The highest BCUT2D eigenvalue weighted by Gasteiger charge is 2.19. The van der Waals surface area contributed by atoms with Crippen LogP contribution >= 0.6 is 50.6 Å². The number of nitrogens with one attached hydrogen (secondary N) is 1. The summed E-state index contributed by atoms with van der Waals surface area (Å²) in [5, 5.41) is 0.779.